The van der Waals surface area contributed by atoms with Gasteiger partial charge in [-0.3, -0.25) is 9.48 Å². The van der Waals surface area contributed by atoms with Crippen LogP contribution in [0.4, 0.5) is 17.6 Å². The van der Waals surface area contributed by atoms with Crippen molar-refractivity contribution in [2.24, 2.45) is 0 Å². The highest BCUT2D eigenvalue weighted by Crippen LogP contribution is 2.24. The molecule has 0 saturated heterocycles. The molecular formula is C13H10F4N2O2. The van der Waals surface area contributed by atoms with Crippen LogP contribution in [0.15, 0.2) is 30.5 Å². The third-order valence-corrected chi connectivity index (χ3v) is 2.64. The summed E-state index contributed by atoms with van der Waals surface area (Å²) in [6.07, 6.45) is -3.64. The van der Waals surface area contributed by atoms with E-state index in [0.29, 0.717) is 10.2 Å². The summed E-state index contributed by atoms with van der Waals surface area (Å²) in [7, 11) is 0. The van der Waals surface area contributed by atoms with Gasteiger partial charge in [-0.15, -0.1) is 0 Å². The number of alkyl halides is 3. The van der Waals surface area contributed by atoms with Gasteiger partial charge >= 0.3 is 12.1 Å². The number of carboxylic acid groups (broad SMARTS) is 1. The van der Waals surface area contributed by atoms with Crippen molar-refractivity contribution in [3.63, 3.8) is 0 Å². The highest BCUT2D eigenvalue weighted by molar-refractivity contribution is 5.71. The molecule has 0 spiro atoms. The topological polar surface area (TPSA) is 55.1 Å². The maximum atomic E-state index is 13.7. The van der Waals surface area contributed by atoms with E-state index in [2.05, 4.69) is 5.10 Å². The Morgan fingerprint density at radius 2 is 2.00 bits per heavy atom. The van der Waals surface area contributed by atoms with Crippen molar-refractivity contribution >= 4 is 5.97 Å². The fourth-order valence-corrected chi connectivity index (χ4v) is 1.83. The number of hydrogen-bond donors (Lipinski definition) is 1. The highest BCUT2D eigenvalue weighted by Gasteiger charge is 2.28. The van der Waals surface area contributed by atoms with Crippen molar-refractivity contribution < 1.29 is 27.5 Å². The molecule has 1 N–H and O–H groups in total. The predicted molar refractivity (Wildman–Crippen MR) is 65.0 cm³/mol. The number of aliphatic carboxylic acids is 1. The van der Waals surface area contributed by atoms with Gasteiger partial charge in [-0.1, -0.05) is 6.07 Å². The van der Waals surface area contributed by atoms with Crippen LogP contribution in [-0.4, -0.2) is 27.0 Å². The number of halogens is 4. The second-order valence-corrected chi connectivity index (χ2v) is 4.40. The average Bonchev–Trinajstić information content (AvgIpc) is 2.77. The molecule has 1 heterocycles. The molecule has 0 aliphatic carbocycles. The van der Waals surface area contributed by atoms with E-state index in [1.165, 1.54) is 18.2 Å². The molecule has 0 aliphatic rings. The van der Waals surface area contributed by atoms with Gasteiger partial charge in [0.05, 0.1) is 12.1 Å². The summed E-state index contributed by atoms with van der Waals surface area (Å²) in [6, 6.07) is 4.88. The molecule has 2 aromatic rings. The van der Waals surface area contributed by atoms with Gasteiger partial charge in [-0.05, 0) is 23.8 Å². The summed E-state index contributed by atoms with van der Waals surface area (Å²) in [5.41, 5.74) is 0.322. The lowest BCUT2D eigenvalue weighted by molar-refractivity contribution is -0.142. The zero-order valence-corrected chi connectivity index (χ0v) is 10.6. The Kier molecular flexibility index (Phi) is 3.97. The van der Waals surface area contributed by atoms with Crippen molar-refractivity contribution in [1.82, 2.24) is 9.78 Å². The first-order chi connectivity index (χ1) is 9.74. The molecular weight excluding hydrogens is 292 g/mol. The first-order valence-corrected chi connectivity index (χ1v) is 5.85. The van der Waals surface area contributed by atoms with Gasteiger partial charge in [-0.25, -0.2) is 4.39 Å². The van der Waals surface area contributed by atoms with Crippen molar-refractivity contribution in [2.75, 3.05) is 0 Å². The second kappa shape index (κ2) is 5.55. The summed E-state index contributed by atoms with van der Waals surface area (Å²) in [5, 5.41) is 12.3. The number of carboxylic acids is 1. The normalized spacial score (nSPS) is 11.6. The highest BCUT2D eigenvalue weighted by atomic mass is 19.4. The quantitative estimate of drug-likeness (QED) is 0.884. The van der Waals surface area contributed by atoms with E-state index in [0.717, 1.165) is 12.3 Å². The van der Waals surface area contributed by atoms with Gasteiger partial charge in [0.1, 0.15) is 12.4 Å². The summed E-state index contributed by atoms with van der Waals surface area (Å²) >= 11 is 0. The largest absolute Gasteiger partial charge is 0.481 e. The van der Waals surface area contributed by atoms with Gasteiger partial charge in [-0.2, -0.15) is 18.3 Å². The van der Waals surface area contributed by atoms with Gasteiger partial charge in [0.15, 0.2) is 0 Å². The molecule has 0 amide bonds. The van der Waals surface area contributed by atoms with Gasteiger partial charge in [0, 0.05) is 11.8 Å². The molecule has 0 fully saturated rings. The molecule has 0 atom stereocenters. The lowest BCUT2D eigenvalue weighted by Crippen LogP contribution is -2.17. The van der Waals surface area contributed by atoms with Gasteiger partial charge in [0.25, 0.3) is 0 Å². The molecule has 1 aromatic carbocycles. The van der Waals surface area contributed by atoms with Crippen LogP contribution in [0.3, 0.4) is 0 Å². The van der Waals surface area contributed by atoms with E-state index in [9.17, 15) is 22.4 Å². The summed E-state index contributed by atoms with van der Waals surface area (Å²) in [4.78, 5) is 10.6. The Morgan fingerprint density at radius 1 is 1.29 bits per heavy atom. The zero-order valence-electron chi connectivity index (χ0n) is 10.6. The summed E-state index contributed by atoms with van der Waals surface area (Å²) < 4.78 is 51.1. The molecule has 21 heavy (non-hydrogen) atoms. The van der Waals surface area contributed by atoms with E-state index in [4.69, 9.17) is 5.11 Å². The maximum absolute atomic E-state index is 13.7. The zero-order chi connectivity index (χ0) is 15.6. The number of rotatable bonds is 4. The number of benzene rings is 1. The van der Waals surface area contributed by atoms with E-state index < -0.39 is 24.5 Å². The Hall–Kier alpha value is -2.38. The number of carbonyl (C=O) groups is 1. The van der Waals surface area contributed by atoms with E-state index >= 15 is 0 Å². The fourth-order valence-electron chi connectivity index (χ4n) is 1.83. The van der Waals surface area contributed by atoms with Crippen LogP contribution in [-0.2, 0) is 17.8 Å². The smallest absolute Gasteiger partial charge is 0.408 e. The van der Waals surface area contributed by atoms with E-state index in [1.54, 1.807) is 0 Å². The Bertz CT molecular complexity index is 664. The van der Waals surface area contributed by atoms with Crippen LogP contribution in [0, 0.1) is 5.82 Å². The molecule has 0 saturated carbocycles. The first kappa shape index (κ1) is 15.0. The molecule has 112 valence electrons. The average molecular weight is 302 g/mol. The van der Waals surface area contributed by atoms with Crippen LogP contribution in [0.1, 0.15) is 5.56 Å². The molecule has 4 nitrogen and oxygen atoms in total. The summed E-state index contributed by atoms with van der Waals surface area (Å²) in [6.45, 7) is -1.27. The third kappa shape index (κ3) is 4.04. The van der Waals surface area contributed by atoms with Crippen LogP contribution in [0.5, 0.6) is 0 Å². The number of hydrogen-bond acceptors (Lipinski definition) is 2. The fraction of sp³-hybridized carbons (Fsp3) is 0.231. The standard InChI is InChI=1S/C13H10F4N2O2/c14-10-2-1-8(6-12(20)21)5-9(10)11-3-4-19(18-11)7-13(15,16)17/h1-5H,6-7H2,(H,20,21). The minimum atomic E-state index is -4.42. The van der Waals surface area contributed by atoms with Crippen LogP contribution >= 0.6 is 0 Å². The van der Waals surface area contributed by atoms with E-state index in [1.807, 2.05) is 0 Å². The van der Waals surface area contributed by atoms with E-state index in [-0.39, 0.29) is 17.7 Å². The maximum Gasteiger partial charge on any atom is 0.408 e. The molecule has 0 bridgehead atoms. The SMILES string of the molecule is O=C(O)Cc1ccc(F)c(-c2ccn(CC(F)(F)F)n2)c1. The minimum absolute atomic E-state index is 0.0176. The number of nitrogens with zero attached hydrogens (tertiary/aromatic N) is 2. The molecule has 0 radical (unpaired) electrons. The van der Waals surface area contributed by atoms with Gasteiger partial charge < -0.3 is 5.11 Å². The van der Waals surface area contributed by atoms with Crippen molar-refractivity contribution in [3.05, 3.63) is 41.8 Å². The monoisotopic (exact) mass is 302 g/mol. The third-order valence-electron chi connectivity index (χ3n) is 2.64. The van der Waals surface area contributed by atoms with Crippen LogP contribution in [0.25, 0.3) is 11.3 Å². The molecule has 2 rings (SSSR count). The lowest BCUT2D eigenvalue weighted by Gasteiger charge is -2.06. The Labute approximate surface area is 116 Å². The Morgan fingerprint density at radius 3 is 2.62 bits per heavy atom. The van der Waals surface area contributed by atoms with Crippen molar-refractivity contribution in [1.29, 1.82) is 0 Å². The first-order valence-electron chi connectivity index (χ1n) is 5.85. The van der Waals surface area contributed by atoms with Crippen molar-refractivity contribution in [2.45, 2.75) is 19.1 Å². The predicted octanol–water partition coefficient (Wildman–Crippen LogP) is 2.88. The lowest BCUT2D eigenvalue weighted by atomic mass is 10.1. The molecule has 0 aliphatic heterocycles. The van der Waals surface area contributed by atoms with Crippen LogP contribution < -0.4 is 0 Å². The molecule has 0 unspecified atom stereocenters. The minimum Gasteiger partial charge on any atom is -0.481 e. The Balaban J connectivity index is 2.31. The van der Waals surface area contributed by atoms with Crippen LogP contribution in [0.2, 0.25) is 0 Å². The van der Waals surface area contributed by atoms with Crippen molar-refractivity contribution in [3.8, 4) is 11.3 Å². The number of aromatic nitrogens is 2. The summed E-state index contributed by atoms with van der Waals surface area (Å²) in [5.74, 6) is -1.77. The molecule has 1 aromatic heterocycles. The van der Waals surface area contributed by atoms with Gasteiger partial charge in [0.2, 0.25) is 0 Å². The molecule has 8 heteroatoms. The second-order valence-electron chi connectivity index (χ2n) is 4.40.